The fourth-order valence-corrected chi connectivity index (χ4v) is 3.93. The summed E-state index contributed by atoms with van der Waals surface area (Å²) < 4.78 is 2.27. The molecule has 0 saturated heterocycles. The number of aryl methyl sites for hydroxylation is 2. The Morgan fingerprint density at radius 3 is 2.41 bits per heavy atom. The Hall–Kier alpha value is -4.06. The summed E-state index contributed by atoms with van der Waals surface area (Å²) in [6.07, 6.45) is 1.41. The van der Waals surface area contributed by atoms with E-state index in [1.54, 1.807) is 13.0 Å². The number of amides is 2. The number of aromatic nitrogens is 1. The summed E-state index contributed by atoms with van der Waals surface area (Å²) in [5, 5.41) is 5.17. The molecule has 0 aliphatic rings. The number of rotatable bonds is 6. The molecule has 0 unspecified atom stereocenters. The molecule has 0 aliphatic carbocycles. The second kappa shape index (κ2) is 8.98. The minimum absolute atomic E-state index is 0.256. The maximum absolute atomic E-state index is 12.5. The second-order valence-corrected chi connectivity index (χ2v) is 7.70. The molecular weight excluding hydrogens is 400 g/mol. The highest BCUT2D eigenvalue weighted by atomic mass is 16.2. The molecule has 0 saturated carbocycles. The Labute approximate surface area is 186 Å². The molecule has 3 aromatic carbocycles. The van der Waals surface area contributed by atoms with Crippen LogP contribution in [0.3, 0.4) is 0 Å². The van der Waals surface area contributed by atoms with Gasteiger partial charge in [0.15, 0.2) is 0 Å². The maximum Gasteiger partial charge on any atom is 0.269 e. The molecule has 4 rings (SSSR count). The van der Waals surface area contributed by atoms with Crippen LogP contribution in [0.1, 0.15) is 29.8 Å². The number of benzene rings is 3. The lowest BCUT2D eigenvalue weighted by Gasteiger charge is -2.10. The van der Waals surface area contributed by atoms with Crippen molar-refractivity contribution in [1.82, 2.24) is 15.4 Å². The largest absolute Gasteiger partial charge is 0.341 e. The molecule has 162 valence electrons. The zero-order chi connectivity index (χ0) is 22.7. The first-order valence-electron chi connectivity index (χ1n) is 10.6. The number of carbonyl (C=O) groups excluding carboxylic acids is 2. The highest BCUT2D eigenvalue weighted by Crippen LogP contribution is 2.30. The van der Waals surface area contributed by atoms with E-state index in [1.807, 2.05) is 55.5 Å². The van der Waals surface area contributed by atoms with Crippen LogP contribution in [0.15, 0.2) is 78.5 Å². The second-order valence-electron chi connectivity index (χ2n) is 7.70. The molecule has 2 amide bonds. The molecule has 0 spiro atoms. The van der Waals surface area contributed by atoms with Crippen LogP contribution in [-0.4, -0.2) is 16.4 Å². The summed E-state index contributed by atoms with van der Waals surface area (Å²) in [5.41, 5.74) is 10.4. The summed E-state index contributed by atoms with van der Waals surface area (Å²) in [5.74, 6) is -0.534. The topological polar surface area (TPSA) is 75.2 Å². The average Bonchev–Trinajstić information content (AvgIpc) is 3.10. The number of nitrogens with zero attached hydrogens (tertiary/aromatic N) is 1. The number of hydrazine groups is 1. The molecule has 0 atom stereocenters. The van der Waals surface area contributed by atoms with Gasteiger partial charge in [0.2, 0.25) is 5.91 Å². The lowest BCUT2D eigenvalue weighted by atomic mass is 10.1. The van der Waals surface area contributed by atoms with Crippen molar-refractivity contribution in [1.29, 1.82) is 0 Å². The van der Waals surface area contributed by atoms with Gasteiger partial charge in [-0.2, -0.15) is 0 Å². The van der Waals surface area contributed by atoms with Gasteiger partial charge in [-0.3, -0.25) is 15.0 Å². The predicted molar refractivity (Wildman–Crippen MR) is 129 cm³/mol. The van der Waals surface area contributed by atoms with Crippen LogP contribution < -0.4 is 16.2 Å². The Balaban J connectivity index is 1.46. The Kier molecular flexibility index (Phi) is 5.94. The number of para-hydroxylation sites is 1. The summed E-state index contributed by atoms with van der Waals surface area (Å²) in [7, 11) is 0. The molecule has 6 nitrogen and oxygen atoms in total. The highest BCUT2D eigenvalue weighted by Gasteiger charge is 2.11. The summed E-state index contributed by atoms with van der Waals surface area (Å²) in [6, 6.07) is 21.5. The first-order valence-corrected chi connectivity index (χ1v) is 10.6. The van der Waals surface area contributed by atoms with Crippen LogP contribution in [0, 0.1) is 6.92 Å². The molecule has 0 fully saturated rings. The fourth-order valence-electron chi connectivity index (χ4n) is 3.93. The fraction of sp³-hybridized carbons (Fsp3) is 0.154. The van der Waals surface area contributed by atoms with Crippen molar-refractivity contribution in [3.8, 4) is 0 Å². The standard InChI is InChI=1S/C26H26N4O2/c1-4-30-23-12-8-7-11-21(23)22-16-19(13-14-24(22)30)27-25(31)15-18(3)28-29-26(32)20-10-6-5-9-17(20)2/h5-16,28H,4H2,1-3H3,(H,27,31)(H,29,32). The van der Waals surface area contributed by atoms with Crippen LogP contribution in [0.5, 0.6) is 0 Å². The van der Waals surface area contributed by atoms with Crippen molar-refractivity contribution in [3.05, 3.63) is 89.6 Å². The van der Waals surface area contributed by atoms with E-state index in [0.29, 0.717) is 11.3 Å². The summed E-state index contributed by atoms with van der Waals surface area (Å²) >= 11 is 0. The lowest BCUT2D eigenvalue weighted by molar-refractivity contribution is -0.112. The molecule has 1 heterocycles. The number of nitrogens with one attached hydrogen (secondary N) is 3. The summed E-state index contributed by atoms with van der Waals surface area (Å²) in [4.78, 5) is 24.8. The van der Waals surface area contributed by atoms with Crippen molar-refractivity contribution in [2.75, 3.05) is 5.32 Å². The van der Waals surface area contributed by atoms with Gasteiger partial charge in [0.25, 0.3) is 5.91 Å². The molecule has 0 radical (unpaired) electrons. The first kappa shape index (κ1) is 21.2. The Morgan fingerprint density at radius 2 is 1.62 bits per heavy atom. The molecule has 0 bridgehead atoms. The van der Waals surface area contributed by atoms with Crippen molar-refractivity contribution < 1.29 is 9.59 Å². The number of hydrogen-bond acceptors (Lipinski definition) is 3. The molecular formula is C26H26N4O2. The number of hydrogen-bond donors (Lipinski definition) is 3. The van der Waals surface area contributed by atoms with Gasteiger partial charge in [-0.25, -0.2) is 0 Å². The zero-order valence-corrected chi connectivity index (χ0v) is 18.4. The van der Waals surface area contributed by atoms with E-state index < -0.39 is 0 Å². The van der Waals surface area contributed by atoms with E-state index in [-0.39, 0.29) is 11.8 Å². The van der Waals surface area contributed by atoms with Crippen molar-refractivity contribution in [2.24, 2.45) is 0 Å². The molecule has 0 aliphatic heterocycles. The van der Waals surface area contributed by atoms with Crippen LogP contribution in [0.2, 0.25) is 0 Å². The van der Waals surface area contributed by atoms with Crippen LogP contribution in [0.25, 0.3) is 21.8 Å². The van der Waals surface area contributed by atoms with Gasteiger partial charge in [-0.05, 0) is 56.7 Å². The molecule has 32 heavy (non-hydrogen) atoms. The van der Waals surface area contributed by atoms with E-state index in [9.17, 15) is 9.59 Å². The third kappa shape index (κ3) is 4.21. The number of fused-ring (bicyclic) bond motifs is 3. The zero-order valence-electron chi connectivity index (χ0n) is 18.4. The number of anilines is 1. The van der Waals surface area contributed by atoms with Crippen molar-refractivity contribution in [3.63, 3.8) is 0 Å². The monoisotopic (exact) mass is 426 g/mol. The van der Waals surface area contributed by atoms with Gasteiger partial charge in [-0.15, -0.1) is 0 Å². The van der Waals surface area contributed by atoms with E-state index in [1.165, 1.54) is 11.6 Å². The minimum atomic E-state index is -0.279. The van der Waals surface area contributed by atoms with E-state index in [2.05, 4.69) is 39.8 Å². The maximum atomic E-state index is 12.5. The van der Waals surface area contributed by atoms with Gasteiger partial charge in [0.1, 0.15) is 0 Å². The van der Waals surface area contributed by atoms with Gasteiger partial charge < -0.3 is 15.3 Å². The number of allylic oxidation sites excluding steroid dienone is 1. The van der Waals surface area contributed by atoms with Gasteiger partial charge in [0, 0.05) is 51.4 Å². The van der Waals surface area contributed by atoms with Gasteiger partial charge in [-0.1, -0.05) is 36.4 Å². The summed E-state index contributed by atoms with van der Waals surface area (Å²) in [6.45, 7) is 6.59. The van der Waals surface area contributed by atoms with Crippen LogP contribution >= 0.6 is 0 Å². The van der Waals surface area contributed by atoms with Crippen molar-refractivity contribution >= 4 is 39.3 Å². The predicted octanol–water partition coefficient (Wildman–Crippen LogP) is 4.90. The van der Waals surface area contributed by atoms with E-state index in [4.69, 9.17) is 0 Å². The third-order valence-electron chi connectivity index (χ3n) is 5.47. The van der Waals surface area contributed by atoms with Crippen LogP contribution in [0.4, 0.5) is 5.69 Å². The van der Waals surface area contributed by atoms with E-state index in [0.717, 1.165) is 34.1 Å². The lowest BCUT2D eigenvalue weighted by Crippen LogP contribution is -2.36. The highest BCUT2D eigenvalue weighted by molar-refractivity contribution is 6.10. The van der Waals surface area contributed by atoms with Gasteiger partial charge >= 0.3 is 0 Å². The van der Waals surface area contributed by atoms with E-state index >= 15 is 0 Å². The first-order chi connectivity index (χ1) is 15.5. The smallest absolute Gasteiger partial charge is 0.269 e. The molecule has 1 aromatic heterocycles. The SMILES string of the molecule is CCn1c2ccccc2c2cc(NC(=O)C=C(C)NNC(=O)c3ccccc3C)ccc21. The van der Waals surface area contributed by atoms with Crippen LogP contribution in [-0.2, 0) is 11.3 Å². The number of carbonyl (C=O) groups is 2. The quantitative estimate of drug-likeness (QED) is 0.303. The van der Waals surface area contributed by atoms with Gasteiger partial charge in [0.05, 0.1) is 0 Å². The molecule has 6 heteroatoms. The minimum Gasteiger partial charge on any atom is -0.341 e. The molecule has 3 N–H and O–H groups in total. The Morgan fingerprint density at radius 1 is 0.906 bits per heavy atom. The normalized spacial score (nSPS) is 11.5. The molecule has 4 aromatic rings. The Bertz CT molecular complexity index is 1350. The average molecular weight is 427 g/mol. The third-order valence-corrected chi connectivity index (χ3v) is 5.47. The van der Waals surface area contributed by atoms with Crippen molar-refractivity contribution in [2.45, 2.75) is 27.3 Å².